The number of fused-ring (bicyclic) bond motifs is 1. The Morgan fingerprint density at radius 1 is 1.32 bits per heavy atom. The first-order valence-electron chi connectivity index (χ1n) is 6.40. The zero-order valence-electron chi connectivity index (χ0n) is 11.3. The third-order valence-corrected chi connectivity index (χ3v) is 2.97. The van der Waals surface area contributed by atoms with E-state index in [2.05, 4.69) is 5.32 Å². The highest BCUT2D eigenvalue weighted by Crippen LogP contribution is 2.33. The van der Waals surface area contributed by atoms with E-state index in [9.17, 15) is 4.79 Å². The summed E-state index contributed by atoms with van der Waals surface area (Å²) >= 11 is 0. The molecule has 0 aliphatic carbocycles. The first-order chi connectivity index (χ1) is 9.20. The first kappa shape index (κ1) is 13.7. The summed E-state index contributed by atoms with van der Waals surface area (Å²) in [5.74, 6) is 1.27. The highest BCUT2D eigenvalue weighted by Gasteiger charge is 2.14. The van der Waals surface area contributed by atoms with Crippen molar-refractivity contribution in [1.29, 1.82) is 0 Å². The maximum absolute atomic E-state index is 11.5. The van der Waals surface area contributed by atoms with Gasteiger partial charge in [0, 0.05) is 6.54 Å². The van der Waals surface area contributed by atoms with Gasteiger partial charge in [-0.3, -0.25) is 4.79 Å². The Labute approximate surface area is 112 Å². The molecule has 0 aromatic heterocycles. The smallest absolute Gasteiger partial charge is 0.307 e. The van der Waals surface area contributed by atoms with E-state index < -0.39 is 0 Å². The molecule has 2 rings (SSSR count). The molecular weight excluding hydrogens is 246 g/mol. The molecule has 5 heteroatoms. The molecule has 0 amide bonds. The van der Waals surface area contributed by atoms with Gasteiger partial charge in [-0.1, -0.05) is 0 Å². The Hall–Kier alpha value is -1.75. The molecule has 0 atom stereocenters. The van der Waals surface area contributed by atoms with E-state index in [1.807, 2.05) is 19.1 Å². The number of hydrogen-bond acceptors (Lipinski definition) is 5. The summed E-state index contributed by atoms with van der Waals surface area (Å²) in [5, 5.41) is 2.91. The molecule has 0 spiro atoms. The number of ether oxygens (including phenoxy) is 3. The number of rotatable bonds is 5. The molecule has 1 N–H and O–H groups in total. The lowest BCUT2D eigenvalue weighted by Crippen LogP contribution is -2.17. The molecule has 1 aromatic carbocycles. The van der Waals surface area contributed by atoms with E-state index in [0.717, 1.165) is 22.6 Å². The zero-order valence-corrected chi connectivity index (χ0v) is 11.3. The Morgan fingerprint density at radius 2 is 2.00 bits per heavy atom. The maximum Gasteiger partial charge on any atom is 0.307 e. The van der Waals surface area contributed by atoms with Crippen molar-refractivity contribution in [2.45, 2.75) is 20.0 Å². The van der Waals surface area contributed by atoms with Crippen molar-refractivity contribution in [3.63, 3.8) is 0 Å². The van der Waals surface area contributed by atoms with Crippen molar-refractivity contribution < 1.29 is 19.0 Å². The van der Waals surface area contributed by atoms with Gasteiger partial charge in [-0.2, -0.15) is 0 Å². The summed E-state index contributed by atoms with van der Waals surface area (Å²) in [6.45, 7) is 3.99. The first-order valence-corrected chi connectivity index (χ1v) is 6.40. The monoisotopic (exact) mass is 265 g/mol. The van der Waals surface area contributed by atoms with Crippen LogP contribution in [-0.4, -0.2) is 32.8 Å². The predicted molar refractivity (Wildman–Crippen MR) is 70.5 cm³/mol. The van der Waals surface area contributed by atoms with Crippen molar-refractivity contribution in [1.82, 2.24) is 5.32 Å². The summed E-state index contributed by atoms with van der Waals surface area (Å²) in [6, 6.07) is 3.81. The van der Waals surface area contributed by atoms with Gasteiger partial charge < -0.3 is 19.5 Å². The summed E-state index contributed by atoms with van der Waals surface area (Å²) in [6.07, 6.45) is 0.375. The lowest BCUT2D eigenvalue weighted by Gasteiger charge is -2.20. The Balaban J connectivity index is 1.98. The molecule has 5 nitrogen and oxygen atoms in total. The second-order valence-electron chi connectivity index (χ2n) is 4.44. The van der Waals surface area contributed by atoms with Crippen molar-refractivity contribution in [2.24, 2.45) is 0 Å². The summed E-state index contributed by atoms with van der Waals surface area (Å²) in [7, 11) is 1.80. The van der Waals surface area contributed by atoms with E-state index >= 15 is 0 Å². The highest BCUT2D eigenvalue weighted by molar-refractivity contribution is 5.69. The number of carbonyl (C=O) groups excluding carboxylic acids is 1. The van der Waals surface area contributed by atoms with Gasteiger partial charge in [0.05, 0.1) is 6.42 Å². The topological polar surface area (TPSA) is 56.8 Å². The Morgan fingerprint density at radius 3 is 2.68 bits per heavy atom. The predicted octanol–water partition coefficient (Wildman–Crippen LogP) is 1.42. The fourth-order valence-electron chi connectivity index (χ4n) is 1.85. The number of nitrogens with one attached hydrogen (secondary N) is 1. The van der Waals surface area contributed by atoms with Crippen LogP contribution in [0.3, 0.4) is 0 Å². The molecule has 1 aliphatic rings. The number of hydrogen-bond donors (Lipinski definition) is 1. The molecule has 0 saturated heterocycles. The molecule has 0 fully saturated rings. The van der Waals surface area contributed by atoms with Gasteiger partial charge in [-0.25, -0.2) is 0 Å². The van der Waals surface area contributed by atoms with Crippen LogP contribution in [0.4, 0.5) is 0 Å². The fraction of sp³-hybridized carbons (Fsp3) is 0.500. The highest BCUT2D eigenvalue weighted by atomic mass is 16.6. The van der Waals surface area contributed by atoms with Gasteiger partial charge in [-0.05, 0) is 37.2 Å². The molecule has 1 heterocycles. The third-order valence-electron chi connectivity index (χ3n) is 2.97. The van der Waals surface area contributed by atoms with Crippen LogP contribution in [0, 0.1) is 6.92 Å². The molecule has 0 unspecified atom stereocenters. The van der Waals surface area contributed by atoms with Gasteiger partial charge in [0.1, 0.15) is 19.8 Å². The van der Waals surface area contributed by atoms with Crippen molar-refractivity contribution >= 4 is 5.97 Å². The van der Waals surface area contributed by atoms with Crippen molar-refractivity contribution in [3.05, 3.63) is 23.3 Å². The van der Waals surface area contributed by atoms with E-state index in [1.54, 1.807) is 7.05 Å². The van der Waals surface area contributed by atoms with Crippen LogP contribution >= 0.6 is 0 Å². The van der Waals surface area contributed by atoms with Crippen LogP contribution in [0.15, 0.2) is 12.1 Å². The minimum atomic E-state index is -0.205. The standard InChI is InChI=1S/C14H19NO4/c1-10-7-12-13(18-6-5-17-12)8-11(10)9-19-14(16)3-4-15-2/h7-8,15H,3-6,9H2,1-2H3. The molecule has 19 heavy (non-hydrogen) atoms. The number of esters is 1. The summed E-state index contributed by atoms with van der Waals surface area (Å²) in [4.78, 5) is 11.5. The van der Waals surface area contributed by atoms with E-state index in [0.29, 0.717) is 26.2 Å². The number of carbonyl (C=O) groups is 1. The minimum absolute atomic E-state index is 0.205. The van der Waals surface area contributed by atoms with Gasteiger partial charge >= 0.3 is 5.97 Å². The second kappa shape index (κ2) is 6.43. The van der Waals surface area contributed by atoms with Crippen LogP contribution in [0.1, 0.15) is 17.5 Å². The van der Waals surface area contributed by atoms with E-state index in [-0.39, 0.29) is 12.6 Å². The Bertz CT molecular complexity index is 459. The molecule has 1 aromatic rings. The fourth-order valence-corrected chi connectivity index (χ4v) is 1.85. The van der Waals surface area contributed by atoms with E-state index in [1.165, 1.54) is 0 Å². The maximum atomic E-state index is 11.5. The minimum Gasteiger partial charge on any atom is -0.486 e. The van der Waals surface area contributed by atoms with Gasteiger partial charge in [0.25, 0.3) is 0 Å². The molecule has 0 bridgehead atoms. The number of aryl methyl sites for hydroxylation is 1. The van der Waals surface area contributed by atoms with Crippen LogP contribution in [0.25, 0.3) is 0 Å². The lowest BCUT2D eigenvalue weighted by molar-refractivity contribution is -0.144. The average molecular weight is 265 g/mol. The average Bonchev–Trinajstić information content (AvgIpc) is 2.42. The normalized spacial score (nSPS) is 13.2. The molecule has 1 aliphatic heterocycles. The van der Waals surface area contributed by atoms with Gasteiger partial charge in [0.2, 0.25) is 0 Å². The van der Waals surface area contributed by atoms with Crippen LogP contribution in [0.5, 0.6) is 11.5 Å². The summed E-state index contributed by atoms with van der Waals surface area (Å²) < 4.78 is 16.2. The van der Waals surface area contributed by atoms with Gasteiger partial charge in [0.15, 0.2) is 11.5 Å². The lowest BCUT2D eigenvalue weighted by atomic mass is 10.1. The van der Waals surface area contributed by atoms with Crippen LogP contribution < -0.4 is 14.8 Å². The Kier molecular flexibility index (Phi) is 4.63. The van der Waals surface area contributed by atoms with Crippen LogP contribution in [-0.2, 0) is 16.1 Å². The SMILES string of the molecule is CNCCC(=O)OCc1cc2c(cc1C)OCCO2. The van der Waals surface area contributed by atoms with E-state index in [4.69, 9.17) is 14.2 Å². The molecule has 104 valence electrons. The second-order valence-corrected chi connectivity index (χ2v) is 4.44. The molecule has 0 saturated carbocycles. The third kappa shape index (κ3) is 3.61. The molecule has 0 radical (unpaired) electrons. The largest absolute Gasteiger partial charge is 0.486 e. The number of benzene rings is 1. The quantitative estimate of drug-likeness (QED) is 0.816. The summed E-state index contributed by atoms with van der Waals surface area (Å²) in [5.41, 5.74) is 1.98. The van der Waals surface area contributed by atoms with Crippen molar-refractivity contribution in [2.75, 3.05) is 26.8 Å². The zero-order chi connectivity index (χ0) is 13.7. The van der Waals surface area contributed by atoms with Crippen LogP contribution in [0.2, 0.25) is 0 Å². The molecular formula is C14H19NO4. The van der Waals surface area contributed by atoms with Gasteiger partial charge in [-0.15, -0.1) is 0 Å². The van der Waals surface area contributed by atoms with Crippen molar-refractivity contribution in [3.8, 4) is 11.5 Å².